The molecule has 6 nitrogen and oxygen atoms in total. The molecule has 0 heterocycles. The van der Waals surface area contributed by atoms with Crippen LogP contribution >= 0.6 is 0 Å². The number of methoxy groups -OCH3 is 1. The molecule has 3 rings (SSSR count). The second-order valence-electron chi connectivity index (χ2n) is 6.48. The normalized spacial score (nSPS) is 12.4. The maximum absolute atomic E-state index is 12.8. The molecule has 1 amide bonds. The van der Waals surface area contributed by atoms with E-state index in [1.807, 2.05) is 36.4 Å². The van der Waals surface area contributed by atoms with Gasteiger partial charge in [0.25, 0.3) is 0 Å². The van der Waals surface area contributed by atoms with Crippen LogP contribution in [-0.2, 0) is 14.8 Å². The highest BCUT2D eigenvalue weighted by atomic mass is 32.2. The van der Waals surface area contributed by atoms with Crippen LogP contribution in [0, 0.1) is 0 Å². The van der Waals surface area contributed by atoms with Crippen LogP contribution in [0.5, 0.6) is 5.75 Å². The maximum Gasteiger partial charge on any atom is 0.247 e. The summed E-state index contributed by atoms with van der Waals surface area (Å²) in [5.41, 5.74) is 1.00. The Morgan fingerprint density at radius 3 is 2.25 bits per heavy atom. The Hall–Kier alpha value is -3.06. The van der Waals surface area contributed by atoms with E-state index in [2.05, 4.69) is 5.32 Å². The van der Waals surface area contributed by atoms with Gasteiger partial charge in [-0.05, 0) is 54.1 Å². The van der Waals surface area contributed by atoms with Gasteiger partial charge < -0.3 is 10.1 Å². The van der Waals surface area contributed by atoms with Gasteiger partial charge in [-0.1, -0.05) is 30.3 Å². The number of nitrogens with zero attached hydrogens (tertiary/aromatic N) is 1. The number of hydrogen-bond donors (Lipinski definition) is 1. The van der Waals surface area contributed by atoms with E-state index in [0.717, 1.165) is 21.3 Å². The van der Waals surface area contributed by atoms with Crippen molar-refractivity contribution in [3.8, 4) is 5.75 Å². The molecule has 0 aromatic heterocycles. The van der Waals surface area contributed by atoms with E-state index >= 15 is 0 Å². The summed E-state index contributed by atoms with van der Waals surface area (Å²) in [4.78, 5) is 12.8. The number of amides is 1. The highest BCUT2D eigenvalue weighted by molar-refractivity contribution is 7.92. The lowest BCUT2D eigenvalue weighted by molar-refractivity contribution is -0.116. The van der Waals surface area contributed by atoms with E-state index in [1.54, 1.807) is 37.3 Å². The zero-order chi connectivity index (χ0) is 20.3. The summed E-state index contributed by atoms with van der Waals surface area (Å²) in [7, 11) is -2.15. The van der Waals surface area contributed by atoms with Gasteiger partial charge in [0.15, 0.2) is 0 Å². The number of fused-ring (bicyclic) bond motifs is 1. The fraction of sp³-hybridized carbons (Fsp3) is 0.190. The first kappa shape index (κ1) is 19.7. The molecular formula is C21H22N2O4S. The van der Waals surface area contributed by atoms with Gasteiger partial charge in [0.05, 0.1) is 19.1 Å². The van der Waals surface area contributed by atoms with Gasteiger partial charge in [0.1, 0.15) is 11.8 Å². The van der Waals surface area contributed by atoms with E-state index in [-0.39, 0.29) is 0 Å². The second kappa shape index (κ2) is 7.90. The Balaban J connectivity index is 1.86. The van der Waals surface area contributed by atoms with Crippen molar-refractivity contribution in [2.75, 3.05) is 23.0 Å². The average Bonchev–Trinajstić information content (AvgIpc) is 2.67. The Bertz CT molecular complexity index is 1090. The van der Waals surface area contributed by atoms with Gasteiger partial charge >= 0.3 is 0 Å². The summed E-state index contributed by atoms with van der Waals surface area (Å²) in [5, 5.41) is 4.86. The molecule has 3 aromatic carbocycles. The van der Waals surface area contributed by atoms with Crippen LogP contribution in [0.4, 0.5) is 11.4 Å². The highest BCUT2D eigenvalue weighted by Gasteiger charge is 2.29. The molecule has 0 bridgehead atoms. The maximum atomic E-state index is 12.8. The Labute approximate surface area is 164 Å². The van der Waals surface area contributed by atoms with Crippen LogP contribution in [0.25, 0.3) is 10.8 Å². The topological polar surface area (TPSA) is 75.7 Å². The van der Waals surface area contributed by atoms with E-state index in [9.17, 15) is 13.2 Å². The molecule has 0 radical (unpaired) electrons. The number of ether oxygens (including phenoxy) is 1. The molecule has 7 heteroatoms. The number of sulfonamides is 1. The highest BCUT2D eigenvalue weighted by Crippen LogP contribution is 2.25. The number of carbonyl (C=O) groups excluding carboxylic acids is 1. The van der Waals surface area contributed by atoms with Gasteiger partial charge in [-0.15, -0.1) is 0 Å². The number of carbonyl (C=O) groups is 1. The van der Waals surface area contributed by atoms with Crippen LogP contribution in [0.15, 0.2) is 66.7 Å². The van der Waals surface area contributed by atoms with Crippen LogP contribution in [-0.4, -0.2) is 33.7 Å². The first-order chi connectivity index (χ1) is 13.3. The first-order valence-electron chi connectivity index (χ1n) is 8.73. The zero-order valence-electron chi connectivity index (χ0n) is 15.9. The van der Waals surface area contributed by atoms with Crippen molar-refractivity contribution in [3.63, 3.8) is 0 Å². The number of benzene rings is 3. The smallest absolute Gasteiger partial charge is 0.247 e. The molecule has 0 aliphatic carbocycles. The van der Waals surface area contributed by atoms with Crippen molar-refractivity contribution < 1.29 is 17.9 Å². The average molecular weight is 398 g/mol. The molecule has 1 N–H and O–H groups in total. The lowest BCUT2D eigenvalue weighted by Gasteiger charge is -2.28. The largest absolute Gasteiger partial charge is 0.497 e. The molecule has 28 heavy (non-hydrogen) atoms. The van der Waals surface area contributed by atoms with Crippen molar-refractivity contribution in [3.05, 3.63) is 66.7 Å². The van der Waals surface area contributed by atoms with E-state index in [4.69, 9.17) is 4.74 Å². The minimum atomic E-state index is -3.68. The molecule has 0 saturated heterocycles. The number of hydrogen-bond acceptors (Lipinski definition) is 4. The summed E-state index contributed by atoms with van der Waals surface area (Å²) in [5.74, 6) is 0.182. The van der Waals surface area contributed by atoms with Gasteiger partial charge in [-0.3, -0.25) is 9.10 Å². The predicted molar refractivity (Wildman–Crippen MR) is 112 cm³/mol. The number of rotatable bonds is 6. The monoisotopic (exact) mass is 398 g/mol. The van der Waals surface area contributed by atoms with Crippen LogP contribution in [0.1, 0.15) is 6.92 Å². The molecule has 0 spiro atoms. The third-order valence-corrected chi connectivity index (χ3v) is 5.67. The van der Waals surface area contributed by atoms with Crippen molar-refractivity contribution in [2.24, 2.45) is 0 Å². The Morgan fingerprint density at radius 2 is 1.64 bits per heavy atom. The van der Waals surface area contributed by atoms with Gasteiger partial charge in [0, 0.05) is 5.69 Å². The van der Waals surface area contributed by atoms with Gasteiger partial charge in [-0.25, -0.2) is 8.42 Å². The second-order valence-corrected chi connectivity index (χ2v) is 8.34. The molecule has 0 saturated carbocycles. The van der Waals surface area contributed by atoms with Crippen LogP contribution < -0.4 is 14.4 Å². The molecule has 146 valence electrons. The van der Waals surface area contributed by atoms with Crippen molar-refractivity contribution in [1.29, 1.82) is 0 Å². The fourth-order valence-corrected chi connectivity index (χ4v) is 4.23. The minimum absolute atomic E-state index is 0.393. The standard InChI is InChI=1S/C21H22N2O4S/c1-15(23(28(3,25)26)19-10-12-20(27-2)13-11-19)21(24)22-18-9-8-16-6-4-5-7-17(16)14-18/h4-15H,1-3H3,(H,22,24). The van der Waals surface area contributed by atoms with Gasteiger partial charge in [0.2, 0.25) is 15.9 Å². The summed E-state index contributed by atoms with van der Waals surface area (Å²) < 4.78 is 31.0. The molecule has 1 unspecified atom stereocenters. The quantitative estimate of drug-likeness (QED) is 0.688. The molecule has 0 fully saturated rings. The van der Waals surface area contributed by atoms with E-state index < -0.39 is 22.0 Å². The first-order valence-corrected chi connectivity index (χ1v) is 10.6. The van der Waals surface area contributed by atoms with Crippen molar-refractivity contribution >= 4 is 38.1 Å². The van der Waals surface area contributed by atoms with E-state index in [1.165, 1.54) is 7.11 Å². The van der Waals surface area contributed by atoms with Crippen molar-refractivity contribution in [1.82, 2.24) is 0 Å². The zero-order valence-corrected chi connectivity index (χ0v) is 16.7. The third kappa shape index (κ3) is 4.26. The Kier molecular flexibility index (Phi) is 5.56. The van der Waals surface area contributed by atoms with Crippen LogP contribution in [0.3, 0.4) is 0 Å². The van der Waals surface area contributed by atoms with Gasteiger partial charge in [-0.2, -0.15) is 0 Å². The predicted octanol–water partition coefficient (Wildman–Crippen LogP) is 3.64. The fourth-order valence-electron chi connectivity index (χ4n) is 3.05. The van der Waals surface area contributed by atoms with E-state index in [0.29, 0.717) is 17.1 Å². The third-order valence-electron chi connectivity index (χ3n) is 4.43. The molecule has 1 atom stereocenters. The minimum Gasteiger partial charge on any atom is -0.497 e. The molecule has 3 aromatic rings. The van der Waals surface area contributed by atoms with Crippen LogP contribution in [0.2, 0.25) is 0 Å². The SMILES string of the molecule is COc1ccc(N(C(C)C(=O)Nc2ccc3ccccc3c2)S(C)(=O)=O)cc1. The molecular weight excluding hydrogens is 376 g/mol. The van der Waals surface area contributed by atoms with Crippen molar-refractivity contribution in [2.45, 2.75) is 13.0 Å². The Morgan fingerprint density at radius 1 is 1.00 bits per heavy atom. The summed E-state index contributed by atoms with van der Waals surface area (Å²) in [6.45, 7) is 1.56. The molecule has 0 aliphatic heterocycles. The number of nitrogens with one attached hydrogen (secondary N) is 1. The lowest BCUT2D eigenvalue weighted by atomic mass is 10.1. The lowest BCUT2D eigenvalue weighted by Crippen LogP contribution is -2.45. The summed E-state index contributed by atoms with van der Waals surface area (Å²) in [6, 6.07) is 19.0. The number of anilines is 2. The summed E-state index contributed by atoms with van der Waals surface area (Å²) in [6.07, 6.45) is 1.08. The summed E-state index contributed by atoms with van der Waals surface area (Å²) >= 11 is 0. The molecule has 0 aliphatic rings.